The van der Waals surface area contributed by atoms with Gasteiger partial charge in [0, 0.05) is 3.57 Å². The molecule has 0 saturated carbocycles. The molecule has 0 aliphatic heterocycles. The molecule has 0 aliphatic rings. The summed E-state index contributed by atoms with van der Waals surface area (Å²) in [5.41, 5.74) is 2.11. The molecule has 0 N–H and O–H groups in total. The first-order valence-corrected chi connectivity index (χ1v) is 12.0. The Morgan fingerprint density at radius 1 is 1.10 bits per heavy atom. The summed E-state index contributed by atoms with van der Waals surface area (Å²) in [5.74, 6) is -0.0592. The molecule has 0 saturated heterocycles. The fourth-order valence-corrected chi connectivity index (χ4v) is 5.18. The molecule has 0 aromatic heterocycles. The molecule has 0 heterocycles. The molecule has 1 amide bonds. The van der Waals surface area contributed by atoms with E-state index in [9.17, 15) is 13.2 Å². The maximum Gasteiger partial charge on any atom is 0.273 e. The highest BCUT2D eigenvalue weighted by molar-refractivity contribution is 14.1. The first-order chi connectivity index (χ1) is 14.8. The fourth-order valence-electron chi connectivity index (χ4n) is 3.11. The number of aryl methyl sites for hydroxylation is 1. The largest absolute Gasteiger partial charge is 0.497 e. The Labute approximate surface area is 196 Å². The first-order valence-electron chi connectivity index (χ1n) is 9.48. The highest BCUT2D eigenvalue weighted by Crippen LogP contribution is 2.33. The molecule has 0 radical (unpaired) electrons. The Kier molecular flexibility index (Phi) is 7.17. The summed E-state index contributed by atoms with van der Waals surface area (Å²) in [7, 11) is -2.66. The molecule has 3 aromatic rings. The first kappa shape index (κ1) is 23.0. The molecule has 7 heteroatoms. The molecular weight excluding hydrogens is 525 g/mol. The lowest BCUT2D eigenvalue weighted by atomic mass is 10.1. The Morgan fingerprint density at radius 2 is 1.77 bits per heavy atom. The Bertz CT molecular complexity index is 1220. The van der Waals surface area contributed by atoms with Crippen molar-refractivity contribution >= 4 is 44.2 Å². The van der Waals surface area contributed by atoms with Gasteiger partial charge in [-0.1, -0.05) is 35.9 Å². The van der Waals surface area contributed by atoms with Gasteiger partial charge < -0.3 is 4.74 Å². The summed E-state index contributed by atoms with van der Waals surface area (Å²) in [6.07, 6.45) is 2.03. The van der Waals surface area contributed by atoms with E-state index >= 15 is 0 Å². The van der Waals surface area contributed by atoms with Crippen molar-refractivity contribution in [3.05, 3.63) is 99.6 Å². The van der Waals surface area contributed by atoms with Crippen molar-refractivity contribution in [2.24, 2.45) is 0 Å². The zero-order valence-corrected chi connectivity index (χ0v) is 20.2. The van der Waals surface area contributed by atoms with E-state index in [1.807, 2.05) is 29.5 Å². The molecule has 0 atom stereocenters. The van der Waals surface area contributed by atoms with Crippen molar-refractivity contribution in [3.63, 3.8) is 0 Å². The van der Waals surface area contributed by atoms with Gasteiger partial charge in [-0.25, -0.2) is 8.42 Å². The third kappa shape index (κ3) is 4.83. The molecule has 3 aromatic carbocycles. The van der Waals surface area contributed by atoms with Crippen molar-refractivity contribution in [1.29, 1.82) is 0 Å². The predicted octanol–water partition coefficient (Wildman–Crippen LogP) is 5.37. The van der Waals surface area contributed by atoms with Crippen molar-refractivity contribution in [2.75, 3.05) is 11.4 Å². The van der Waals surface area contributed by atoms with E-state index in [2.05, 4.69) is 6.58 Å². The summed E-state index contributed by atoms with van der Waals surface area (Å²) in [6, 6.07) is 18.3. The van der Waals surface area contributed by atoms with Crippen LogP contribution >= 0.6 is 22.6 Å². The number of carbonyl (C=O) groups excluding carboxylic acids is 1. The number of anilines is 1. The van der Waals surface area contributed by atoms with E-state index in [1.54, 1.807) is 60.7 Å². The molecule has 31 heavy (non-hydrogen) atoms. The SMILES string of the molecule is C=CCc1cc(OC)ccc1N(C(=O)c1ccccc1I)S(=O)(=O)c1ccc(C)cc1. The second kappa shape index (κ2) is 9.65. The van der Waals surface area contributed by atoms with E-state index < -0.39 is 15.9 Å². The Balaban J connectivity index is 2.27. The summed E-state index contributed by atoms with van der Waals surface area (Å²) in [6.45, 7) is 5.64. The van der Waals surface area contributed by atoms with E-state index in [0.29, 0.717) is 26.9 Å². The van der Waals surface area contributed by atoms with Crippen LogP contribution in [-0.2, 0) is 16.4 Å². The van der Waals surface area contributed by atoms with Crippen molar-refractivity contribution in [1.82, 2.24) is 0 Å². The maximum absolute atomic E-state index is 13.7. The number of sulfonamides is 1. The summed E-state index contributed by atoms with van der Waals surface area (Å²) < 4.78 is 34.3. The highest BCUT2D eigenvalue weighted by Gasteiger charge is 2.34. The molecule has 0 unspecified atom stereocenters. The van der Waals surface area contributed by atoms with Gasteiger partial charge in [0.25, 0.3) is 15.9 Å². The molecule has 0 spiro atoms. The lowest BCUT2D eigenvalue weighted by Gasteiger charge is -2.25. The zero-order chi connectivity index (χ0) is 22.6. The lowest BCUT2D eigenvalue weighted by Crippen LogP contribution is -2.38. The van der Waals surface area contributed by atoms with Crippen molar-refractivity contribution in [3.8, 4) is 5.75 Å². The number of amides is 1. The summed E-state index contributed by atoms with van der Waals surface area (Å²) in [5, 5.41) is 0. The van der Waals surface area contributed by atoms with E-state index in [4.69, 9.17) is 4.74 Å². The normalized spacial score (nSPS) is 11.1. The van der Waals surface area contributed by atoms with Crippen LogP contribution in [0.3, 0.4) is 0 Å². The number of rotatable bonds is 7. The maximum atomic E-state index is 13.7. The minimum Gasteiger partial charge on any atom is -0.497 e. The van der Waals surface area contributed by atoms with Gasteiger partial charge in [-0.05, 0) is 84.0 Å². The van der Waals surface area contributed by atoms with E-state index in [1.165, 1.54) is 19.2 Å². The predicted molar refractivity (Wildman–Crippen MR) is 131 cm³/mol. The highest BCUT2D eigenvalue weighted by atomic mass is 127. The van der Waals surface area contributed by atoms with Gasteiger partial charge in [-0.15, -0.1) is 6.58 Å². The van der Waals surface area contributed by atoms with E-state index in [-0.39, 0.29) is 10.6 Å². The Hall–Kier alpha value is -2.65. The molecule has 0 fully saturated rings. The summed E-state index contributed by atoms with van der Waals surface area (Å²) in [4.78, 5) is 13.7. The van der Waals surface area contributed by atoms with Crippen LogP contribution in [0.15, 0.2) is 84.3 Å². The lowest BCUT2D eigenvalue weighted by molar-refractivity contribution is 0.100. The molecule has 160 valence electrons. The monoisotopic (exact) mass is 547 g/mol. The van der Waals surface area contributed by atoms with Gasteiger partial charge in [0.15, 0.2) is 0 Å². The molecule has 3 rings (SSSR count). The van der Waals surface area contributed by atoms with Crippen LogP contribution in [0.25, 0.3) is 0 Å². The minimum atomic E-state index is -4.19. The standard InChI is InChI=1S/C24H22INO4S/c1-4-7-18-16-19(30-3)12-15-23(18)26(24(27)21-8-5-6-9-22(21)25)31(28,29)20-13-10-17(2)11-14-20/h4-6,8-16H,1,7H2,2-3H3. The molecule has 5 nitrogen and oxygen atoms in total. The number of halogens is 1. The number of allylic oxidation sites excluding steroid dienone is 1. The van der Waals surface area contributed by atoms with Crippen molar-refractivity contribution < 1.29 is 17.9 Å². The average Bonchev–Trinajstić information content (AvgIpc) is 2.75. The minimum absolute atomic E-state index is 0.0396. The van der Waals surface area contributed by atoms with Gasteiger partial charge >= 0.3 is 0 Å². The van der Waals surface area contributed by atoms with Gasteiger partial charge in [-0.2, -0.15) is 4.31 Å². The van der Waals surface area contributed by atoms with Crippen LogP contribution in [0.4, 0.5) is 5.69 Å². The smallest absolute Gasteiger partial charge is 0.273 e. The number of benzene rings is 3. The fraction of sp³-hybridized carbons (Fsp3) is 0.125. The van der Waals surface area contributed by atoms with Gasteiger partial charge in [-0.3, -0.25) is 4.79 Å². The van der Waals surface area contributed by atoms with Crippen molar-refractivity contribution in [2.45, 2.75) is 18.2 Å². The van der Waals surface area contributed by atoms with Crippen LogP contribution < -0.4 is 9.04 Å². The number of ether oxygens (including phenoxy) is 1. The van der Waals surface area contributed by atoms with E-state index in [0.717, 1.165) is 9.87 Å². The van der Waals surface area contributed by atoms with Gasteiger partial charge in [0.1, 0.15) is 5.75 Å². The van der Waals surface area contributed by atoms with Crippen LogP contribution in [0, 0.1) is 10.5 Å². The quantitative estimate of drug-likeness (QED) is 0.295. The topological polar surface area (TPSA) is 63.7 Å². The average molecular weight is 547 g/mol. The Morgan fingerprint density at radius 3 is 2.39 bits per heavy atom. The third-order valence-electron chi connectivity index (χ3n) is 4.72. The molecular formula is C24H22INO4S. The summed E-state index contributed by atoms with van der Waals surface area (Å²) >= 11 is 2.03. The second-order valence-corrected chi connectivity index (χ2v) is 9.80. The van der Waals surface area contributed by atoms with Crippen LogP contribution in [0.1, 0.15) is 21.5 Å². The number of nitrogens with zero attached hydrogens (tertiary/aromatic N) is 1. The number of methoxy groups -OCH3 is 1. The van der Waals surface area contributed by atoms with Crippen LogP contribution in [0.2, 0.25) is 0 Å². The number of hydrogen-bond acceptors (Lipinski definition) is 4. The second-order valence-electron chi connectivity index (χ2n) is 6.85. The zero-order valence-electron chi connectivity index (χ0n) is 17.2. The number of hydrogen-bond donors (Lipinski definition) is 0. The third-order valence-corrected chi connectivity index (χ3v) is 7.37. The van der Waals surface area contributed by atoms with Gasteiger partial charge in [0.05, 0.1) is 23.3 Å². The molecule has 0 bridgehead atoms. The molecule has 0 aliphatic carbocycles. The number of carbonyl (C=O) groups is 1. The van der Waals surface area contributed by atoms with Crippen LogP contribution in [-0.4, -0.2) is 21.4 Å². The van der Waals surface area contributed by atoms with Crippen LogP contribution in [0.5, 0.6) is 5.75 Å². The van der Waals surface area contributed by atoms with Gasteiger partial charge in [0.2, 0.25) is 0 Å².